The molecule has 3 unspecified atom stereocenters. The van der Waals surface area contributed by atoms with Crippen LogP contribution in [0.15, 0.2) is 23.2 Å². The summed E-state index contributed by atoms with van der Waals surface area (Å²) in [5, 5.41) is 6.64. The monoisotopic (exact) mass is 392 g/mol. The third-order valence-electron chi connectivity index (χ3n) is 5.91. The van der Waals surface area contributed by atoms with Crippen LogP contribution < -0.4 is 27.8 Å². The van der Waals surface area contributed by atoms with Gasteiger partial charge in [-0.05, 0) is 45.1 Å². The van der Waals surface area contributed by atoms with Crippen LogP contribution in [0.4, 0.5) is 0 Å². The molecule has 7 nitrogen and oxygen atoms in total. The van der Waals surface area contributed by atoms with E-state index in [4.69, 9.17) is 17.2 Å². The van der Waals surface area contributed by atoms with E-state index < -0.39 is 6.17 Å². The summed E-state index contributed by atoms with van der Waals surface area (Å²) < 4.78 is 0. The fraction of sp³-hybridized carbons (Fsp3) is 0.762. The number of piperidine rings is 1. The van der Waals surface area contributed by atoms with Gasteiger partial charge in [0.1, 0.15) is 5.82 Å². The second-order valence-corrected chi connectivity index (χ2v) is 8.46. The zero-order chi connectivity index (χ0) is 20.7. The molecule has 2 fully saturated rings. The maximum Gasteiger partial charge on any atom is 0.256 e. The highest BCUT2D eigenvalue weighted by atomic mass is 16.1. The molecule has 1 aliphatic carbocycles. The van der Waals surface area contributed by atoms with Crippen LogP contribution in [0.1, 0.15) is 65.7 Å². The summed E-state index contributed by atoms with van der Waals surface area (Å²) in [5.74, 6) is 0.709. The van der Waals surface area contributed by atoms with Gasteiger partial charge in [0.25, 0.3) is 5.91 Å². The SMILES string of the molecule is CCC1CN(/C(N)=C(/C=C(/C)N)C(=O)NC(C)N)CCC1NC1CCCCC1. The molecule has 0 aromatic rings. The van der Waals surface area contributed by atoms with E-state index in [1.54, 1.807) is 19.9 Å². The number of likely N-dealkylation sites (tertiary alicyclic amines) is 1. The lowest BCUT2D eigenvalue weighted by molar-refractivity contribution is -0.117. The Hall–Kier alpha value is -1.73. The Morgan fingerprint density at radius 3 is 2.46 bits per heavy atom. The average molecular weight is 393 g/mol. The number of hydrogen-bond donors (Lipinski definition) is 5. The van der Waals surface area contributed by atoms with Gasteiger partial charge in [0.05, 0.1) is 11.7 Å². The molecule has 0 aromatic heterocycles. The van der Waals surface area contributed by atoms with E-state index >= 15 is 0 Å². The van der Waals surface area contributed by atoms with E-state index in [2.05, 4.69) is 22.5 Å². The van der Waals surface area contributed by atoms with Crippen LogP contribution in [0.3, 0.4) is 0 Å². The third-order valence-corrected chi connectivity index (χ3v) is 5.91. The number of carbonyl (C=O) groups is 1. The minimum atomic E-state index is -0.449. The number of allylic oxidation sites excluding steroid dienone is 1. The average Bonchev–Trinajstić information content (AvgIpc) is 2.66. The largest absolute Gasteiger partial charge is 0.402 e. The number of nitrogens with one attached hydrogen (secondary N) is 2. The van der Waals surface area contributed by atoms with Crippen molar-refractivity contribution in [1.82, 2.24) is 15.5 Å². The Kier molecular flexibility index (Phi) is 8.63. The van der Waals surface area contributed by atoms with Gasteiger partial charge in [0.2, 0.25) is 0 Å². The second-order valence-electron chi connectivity index (χ2n) is 8.46. The lowest BCUT2D eigenvalue weighted by Crippen LogP contribution is -2.53. The smallest absolute Gasteiger partial charge is 0.256 e. The van der Waals surface area contributed by atoms with E-state index in [0.717, 1.165) is 25.9 Å². The number of carbonyl (C=O) groups excluding carboxylic acids is 1. The summed E-state index contributed by atoms with van der Waals surface area (Å²) in [4.78, 5) is 14.7. The highest BCUT2D eigenvalue weighted by molar-refractivity contribution is 5.97. The van der Waals surface area contributed by atoms with Crippen LogP contribution in [0, 0.1) is 5.92 Å². The van der Waals surface area contributed by atoms with Gasteiger partial charge in [-0.3, -0.25) is 4.79 Å². The summed E-state index contributed by atoms with van der Waals surface area (Å²) >= 11 is 0. The Labute approximate surface area is 170 Å². The number of rotatable bonds is 7. The lowest BCUT2D eigenvalue weighted by atomic mass is 9.87. The summed E-state index contributed by atoms with van der Waals surface area (Å²) in [6.07, 6.45) is 9.94. The van der Waals surface area contributed by atoms with Gasteiger partial charge in [-0.15, -0.1) is 0 Å². The van der Waals surface area contributed by atoms with Gasteiger partial charge in [-0.25, -0.2) is 0 Å². The lowest BCUT2D eigenvalue weighted by Gasteiger charge is -2.42. The summed E-state index contributed by atoms with van der Waals surface area (Å²) in [5.41, 5.74) is 18.9. The van der Waals surface area contributed by atoms with Gasteiger partial charge in [-0.1, -0.05) is 32.6 Å². The van der Waals surface area contributed by atoms with Crippen LogP contribution >= 0.6 is 0 Å². The quantitative estimate of drug-likeness (QED) is 0.254. The number of nitrogens with two attached hydrogens (primary N) is 3. The van der Waals surface area contributed by atoms with E-state index in [-0.39, 0.29) is 5.91 Å². The van der Waals surface area contributed by atoms with E-state index in [0.29, 0.717) is 35.1 Å². The molecule has 2 rings (SSSR count). The van der Waals surface area contributed by atoms with Crippen LogP contribution in [0.25, 0.3) is 0 Å². The maximum atomic E-state index is 12.6. The van der Waals surface area contributed by atoms with Crippen LogP contribution in [-0.2, 0) is 4.79 Å². The highest BCUT2D eigenvalue weighted by Crippen LogP contribution is 2.26. The topological polar surface area (TPSA) is 122 Å². The van der Waals surface area contributed by atoms with Crippen LogP contribution in [0.2, 0.25) is 0 Å². The first-order valence-electron chi connectivity index (χ1n) is 10.8. The molecule has 0 radical (unpaired) electrons. The Morgan fingerprint density at radius 2 is 1.89 bits per heavy atom. The minimum absolute atomic E-state index is 0.284. The molecule has 0 bridgehead atoms. The normalized spacial score (nSPS) is 26.6. The predicted molar refractivity (Wildman–Crippen MR) is 115 cm³/mol. The molecule has 1 heterocycles. The molecule has 1 aliphatic heterocycles. The number of nitrogens with zero attached hydrogens (tertiary/aromatic N) is 1. The van der Waals surface area contributed by atoms with Crippen molar-refractivity contribution in [3.05, 3.63) is 23.2 Å². The molecule has 8 N–H and O–H groups in total. The molecule has 160 valence electrons. The third kappa shape index (κ3) is 6.41. The van der Waals surface area contributed by atoms with Crippen molar-refractivity contribution in [2.45, 2.75) is 84.0 Å². The molecule has 1 saturated heterocycles. The van der Waals surface area contributed by atoms with Gasteiger partial charge < -0.3 is 32.7 Å². The van der Waals surface area contributed by atoms with Crippen molar-refractivity contribution in [2.24, 2.45) is 23.1 Å². The maximum absolute atomic E-state index is 12.6. The summed E-state index contributed by atoms with van der Waals surface area (Å²) in [6, 6.07) is 1.17. The molecule has 28 heavy (non-hydrogen) atoms. The first-order chi connectivity index (χ1) is 13.3. The van der Waals surface area contributed by atoms with Crippen molar-refractivity contribution < 1.29 is 4.79 Å². The van der Waals surface area contributed by atoms with Crippen molar-refractivity contribution >= 4 is 5.91 Å². The van der Waals surface area contributed by atoms with E-state index in [1.165, 1.54) is 32.1 Å². The molecule has 7 heteroatoms. The molecule has 1 saturated carbocycles. The van der Waals surface area contributed by atoms with Crippen LogP contribution in [-0.4, -0.2) is 42.1 Å². The molecule has 3 atom stereocenters. The summed E-state index contributed by atoms with van der Waals surface area (Å²) in [6.45, 7) is 7.39. The molecular formula is C21H40N6O. The molecule has 1 amide bonds. The standard InChI is InChI=1S/C21H40N6O/c1-4-16-13-27(11-10-19(16)26-17-8-6-5-7-9-17)20(24)18(12-14(2)22)21(28)25-15(3)23/h12,15-17,19,26H,4-11,13,22-24H2,1-3H3,(H,25,28)/b14-12-,20-18-. The molecule has 2 aliphatic rings. The fourth-order valence-electron chi connectivity index (χ4n) is 4.39. The van der Waals surface area contributed by atoms with Gasteiger partial charge in [-0.2, -0.15) is 0 Å². The Bertz CT molecular complexity index is 575. The molecule has 0 spiro atoms. The first-order valence-corrected chi connectivity index (χ1v) is 10.8. The van der Waals surface area contributed by atoms with Crippen molar-refractivity contribution in [3.8, 4) is 0 Å². The van der Waals surface area contributed by atoms with Gasteiger partial charge >= 0.3 is 0 Å². The highest BCUT2D eigenvalue weighted by Gasteiger charge is 2.31. The summed E-state index contributed by atoms with van der Waals surface area (Å²) in [7, 11) is 0. The Morgan fingerprint density at radius 1 is 1.21 bits per heavy atom. The van der Waals surface area contributed by atoms with Gasteiger partial charge in [0.15, 0.2) is 0 Å². The molecular weight excluding hydrogens is 352 g/mol. The predicted octanol–water partition coefficient (Wildman–Crippen LogP) is 1.46. The number of hydrogen-bond acceptors (Lipinski definition) is 6. The van der Waals surface area contributed by atoms with E-state index in [9.17, 15) is 4.79 Å². The number of amides is 1. The second kappa shape index (κ2) is 10.7. The minimum Gasteiger partial charge on any atom is -0.402 e. The van der Waals surface area contributed by atoms with Gasteiger partial charge in [0, 0.05) is 30.9 Å². The van der Waals surface area contributed by atoms with Crippen molar-refractivity contribution in [1.29, 1.82) is 0 Å². The zero-order valence-electron chi connectivity index (χ0n) is 17.8. The van der Waals surface area contributed by atoms with E-state index in [1.807, 2.05) is 0 Å². The Balaban J connectivity index is 2.11. The zero-order valence-corrected chi connectivity index (χ0v) is 17.8. The fourth-order valence-corrected chi connectivity index (χ4v) is 4.39. The first kappa shape index (κ1) is 22.6. The van der Waals surface area contributed by atoms with Crippen molar-refractivity contribution in [3.63, 3.8) is 0 Å². The van der Waals surface area contributed by atoms with Crippen LogP contribution in [0.5, 0.6) is 0 Å². The van der Waals surface area contributed by atoms with Crippen molar-refractivity contribution in [2.75, 3.05) is 13.1 Å². The molecule has 0 aromatic carbocycles.